The Balaban J connectivity index is 3.10. The Morgan fingerprint density at radius 1 is 1.52 bits per heavy atom. The summed E-state index contributed by atoms with van der Waals surface area (Å²) in [6, 6.07) is 1.67. The normalized spacial score (nSPS) is 12.9. The third-order valence-electron chi connectivity index (χ3n) is 2.41. The number of nitro benzene ring substituents is 1. The van der Waals surface area contributed by atoms with Gasteiger partial charge < -0.3 is 15.2 Å². The van der Waals surface area contributed by atoms with E-state index in [1.165, 1.54) is 6.92 Å². The van der Waals surface area contributed by atoms with Crippen LogP contribution < -0.4 is 10.1 Å². The minimum Gasteiger partial charge on any atom is -0.406 e. The molecule has 2 N–H and O–H groups in total. The minimum absolute atomic E-state index is 0.00121. The number of aliphatic hydroxyl groups is 1. The second-order valence-corrected chi connectivity index (χ2v) is 4.44. The average molecular weight is 329 g/mol. The van der Waals surface area contributed by atoms with Crippen molar-refractivity contribution in [2.75, 3.05) is 17.7 Å². The molecule has 0 saturated heterocycles. The highest BCUT2D eigenvalue weighted by Crippen LogP contribution is 2.35. The maximum absolute atomic E-state index is 12.2. The summed E-state index contributed by atoms with van der Waals surface area (Å²) in [6.45, 7) is 1.30. The van der Waals surface area contributed by atoms with E-state index in [-0.39, 0.29) is 23.7 Å². The number of ether oxygens (including phenoxy) is 1. The van der Waals surface area contributed by atoms with E-state index in [1.54, 1.807) is 0 Å². The molecule has 0 aliphatic rings. The van der Waals surface area contributed by atoms with Crippen LogP contribution in [0.1, 0.15) is 5.56 Å². The van der Waals surface area contributed by atoms with Crippen LogP contribution in [0.15, 0.2) is 12.1 Å². The van der Waals surface area contributed by atoms with Gasteiger partial charge in [-0.05, 0) is 18.6 Å². The van der Waals surface area contributed by atoms with Gasteiger partial charge in [-0.2, -0.15) is 0 Å². The fraction of sp³-hybridized carbons (Fsp3) is 0.455. The smallest absolute Gasteiger partial charge is 0.406 e. The number of halogens is 4. The average Bonchev–Trinajstić information content (AvgIpc) is 2.34. The van der Waals surface area contributed by atoms with E-state index in [2.05, 4.69) is 10.1 Å². The van der Waals surface area contributed by atoms with Gasteiger partial charge in [-0.25, -0.2) is 0 Å². The predicted molar refractivity (Wildman–Crippen MR) is 69.7 cm³/mol. The molecule has 1 rings (SSSR count). The zero-order valence-corrected chi connectivity index (χ0v) is 11.5. The first-order chi connectivity index (χ1) is 9.64. The van der Waals surface area contributed by atoms with E-state index in [0.29, 0.717) is 6.07 Å². The molecule has 1 atom stereocenters. The molecule has 10 heteroatoms. The molecule has 0 radical (unpaired) electrons. The number of anilines is 1. The molecule has 0 fully saturated rings. The Morgan fingerprint density at radius 2 is 2.14 bits per heavy atom. The monoisotopic (exact) mass is 328 g/mol. The lowest BCUT2D eigenvalue weighted by molar-refractivity contribution is -0.384. The van der Waals surface area contributed by atoms with Crippen LogP contribution in [-0.2, 0) is 0 Å². The second kappa shape index (κ2) is 6.81. The van der Waals surface area contributed by atoms with Crippen LogP contribution in [0.5, 0.6) is 5.75 Å². The molecule has 0 spiro atoms. The van der Waals surface area contributed by atoms with Gasteiger partial charge in [-0.15, -0.1) is 24.8 Å². The molecule has 1 unspecified atom stereocenters. The van der Waals surface area contributed by atoms with Gasteiger partial charge in [0.25, 0.3) is 5.69 Å². The zero-order chi connectivity index (χ0) is 16.2. The molecule has 0 bridgehead atoms. The lowest BCUT2D eigenvalue weighted by atomic mass is 10.1. The van der Waals surface area contributed by atoms with Gasteiger partial charge in [0.15, 0.2) is 0 Å². The van der Waals surface area contributed by atoms with Gasteiger partial charge in [0.1, 0.15) is 11.4 Å². The highest BCUT2D eigenvalue weighted by Gasteiger charge is 2.32. The van der Waals surface area contributed by atoms with Crippen molar-refractivity contribution in [1.82, 2.24) is 0 Å². The number of aliphatic hydroxyl groups excluding tert-OH is 1. The van der Waals surface area contributed by atoms with E-state index >= 15 is 0 Å². The van der Waals surface area contributed by atoms with Gasteiger partial charge in [0.05, 0.1) is 23.0 Å². The molecule has 118 valence electrons. The summed E-state index contributed by atoms with van der Waals surface area (Å²) in [6.07, 6.45) is -5.89. The maximum atomic E-state index is 12.2. The number of rotatable bonds is 6. The molecule has 1 aromatic carbocycles. The minimum atomic E-state index is -4.94. The molecule has 0 heterocycles. The summed E-state index contributed by atoms with van der Waals surface area (Å²) < 4.78 is 40.1. The highest BCUT2D eigenvalue weighted by atomic mass is 35.5. The fourth-order valence-electron chi connectivity index (χ4n) is 1.58. The molecule has 0 aliphatic heterocycles. The molecule has 0 amide bonds. The van der Waals surface area contributed by atoms with Crippen molar-refractivity contribution >= 4 is 23.0 Å². The van der Waals surface area contributed by atoms with Crippen LogP contribution in [-0.4, -0.2) is 34.9 Å². The highest BCUT2D eigenvalue weighted by molar-refractivity contribution is 6.18. The van der Waals surface area contributed by atoms with E-state index in [4.69, 9.17) is 11.6 Å². The molecule has 0 saturated carbocycles. The zero-order valence-electron chi connectivity index (χ0n) is 10.8. The second-order valence-electron chi connectivity index (χ2n) is 4.13. The number of nitrogens with one attached hydrogen (secondary N) is 1. The van der Waals surface area contributed by atoms with E-state index < -0.39 is 28.8 Å². The molecule has 0 aliphatic carbocycles. The van der Waals surface area contributed by atoms with Gasteiger partial charge in [-0.3, -0.25) is 10.1 Å². The molecular weight excluding hydrogens is 317 g/mol. The molecule has 6 nitrogen and oxygen atoms in total. The summed E-state index contributed by atoms with van der Waals surface area (Å²) in [5.74, 6) is -0.773. The SMILES string of the molecule is Cc1cc(OC(F)(F)F)cc([N+](=O)[O-])c1NCC(O)CCl. The van der Waals surface area contributed by atoms with E-state index in [9.17, 15) is 28.4 Å². The Labute approximate surface area is 122 Å². The van der Waals surface area contributed by atoms with Crippen molar-refractivity contribution in [1.29, 1.82) is 0 Å². The van der Waals surface area contributed by atoms with Gasteiger partial charge in [0, 0.05) is 6.54 Å². The van der Waals surface area contributed by atoms with Crippen LogP contribution in [0.25, 0.3) is 0 Å². The molecule has 0 aromatic heterocycles. The molecule has 21 heavy (non-hydrogen) atoms. The number of alkyl halides is 4. The van der Waals surface area contributed by atoms with Crippen LogP contribution >= 0.6 is 11.6 Å². The number of aryl methyl sites for hydroxylation is 1. The Morgan fingerprint density at radius 3 is 2.62 bits per heavy atom. The quantitative estimate of drug-likeness (QED) is 0.476. The van der Waals surface area contributed by atoms with Crippen LogP contribution in [0.2, 0.25) is 0 Å². The standard InChI is InChI=1S/C11H12ClF3N2O4/c1-6-2-8(21-11(13,14)15)3-9(17(19)20)10(6)16-5-7(18)4-12/h2-3,7,16,18H,4-5H2,1H3. The van der Waals surface area contributed by atoms with Crippen LogP contribution in [0, 0.1) is 17.0 Å². The summed E-state index contributed by atoms with van der Waals surface area (Å²) >= 11 is 5.39. The third kappa shape index (κ3) is 5.27. The van der Waals surface area contributed by atoms with Gasteiger partial charge in [-0.1, -0.05) is 0 Å². The van der Waals surface area contributed by atoms with E-state index in [0.717, 1.165) is 6.07 Å². The van der Waals surface area contributed by atoms with Gasteiger partial charge >= 0.3 is 6.36 Å². The van der Waals surface area contributed by atoms with Crippen LogP contribution in [0.4, 0.5) is 24.5 Å². The summed E-state index contributed by atoms with van der Waals surface area (Å²) in [4.78, 5) is 10.1. The Kier molecular flexibility index (Phi) is 5.62. The van der Waals surface area contributed by atoms with E-state index in [1.807, 2.05) is 0 Å². The first-order valence-electron chi connectivity index (χ1n) is 5.66. The molecular formula is C11H12ClF3N2O4. The number of nitrogens with zero attached hydrogens (tertiary/aromatic N) is 1. The number of nitro groups is 1. The first-order valence-corrected chi connectivity index (χ1v) is 6.20. The Bertz CT molecular complexity index is 525. The van der Waals surface area contributed by atoms with Crippen molar-refractivity contribution in [3.8, 4) is 5.75 Å². The maximum Gasteiger partial charge on any atom is 0.573 e. The van der Waals surface area contributed by atoms with Crippen molar-refractivity contribution in [2.24, 2.45) is 0 Å². The lowest BCUT2D eigenvalue weighted by Gasteiger charge is -2.15. The van der Waals surface area contributed by atoms with Crippen LogP contribution in [0.3, 0.4) is 0 Å². The topological polar surface area (TPSA) is 84.6 Å². The largest absolute Gasteiger partial charge is 0.573 e. The Hall–Kier alpha value is -1.74. The lowest BCUT2D eigenvalue weighted by Crippen LogP contribution is -2.22. The number of hydrogen-bond donors (Lipinski definition) is 2. The van der Waals surface area contributed by atoms with Gasteiger partial charge in [0.2, 0.25) is 0 Å². The van der Waals surface area contributed by atoms with Crippen molar-refractivity contribution in [3.63, 3.8) is 0 Å². The summed E-state index contributed by atoms with van der Waals surface area (Å²) in [5, 5.41) is 22.8. The number of benzene rings is 1. The summed E-state index contributed by atoms with van der Waals surface area (Å²) in [5.41, 5.74) is -0.417. The first kappa shape index (κ1) is 17.3. The van der Waals surface area contributed by atoms with Crippen molar-refractivity contribution in [3.05, 3.63) is 27.8 Å². The van der Waals surface area contributed by atoms with Crippen molar-refractivity contribution in [2.45, 2.75) is 19.4 Å². The predicted octanol–water partition coefficient (Wildman–Crippen LogP) is 2.81. The number of hydrogen-bond acceptors (Lipinski definition) is 5. The molecule has 1 aromatic rings. The summed E-state index contributed by atoms with van der Waals surface area (Å²) in [7, 11) is 0. The third-order valence-corrected chi connectivity index (χ3v) is 2.77. The van der Waals surface area contributed by atoms with Crippen molar-refractivity contribution < 1.29 is 27.9 Å². The fourth-order valence-corrected chi connectivity index (χ4v) is 1.69.